The Bertz CT molecular complexity index is 451. The fourth-order valence-corrected chi connectivity index (χ4v) is 2.00. The minimum atomic E-state index is -0.344. The standard InChI is InChI=1S/C13H17IN2O3/c1-3-16(9-13(18)19-2)8-12(17)15-11-7-5-4-6-10(11)14/h4-7H,3,8-9H2,1-2H3,(H,15,17). The number of para-hydroxylation sites is 1. The van der Waals surface area contributed by atoms with E-state index in [0.717, 1.165) is 9.26 Å². The number of methoxy groups -OCH3 is 1. The molecule has 1 aromatic carbocycles. The van der Waals surface area contributed by atoms with Crippen molar-refractivity contribution in [2.45, 2.75) is 6.92 Å². The number of anilines is 1. The number of benzene rings is 1. The summed E-state index contributed by atoms with van der Waals surface area (Å²) in [6.07, 6.45) is 0. The van der Waals surface area contributed by atoms with Crippen molar-refractivity contribution in [3.05, 3.63) is 27.8 Å². The third-order valence-corrected chi connectivity index (χ3v) is 3.48. The average molecular weight is 376 g/mol. The number of hydrogen-bond acceptors (Lipinski definition) is 4. The summed E-state index contributed by atoms with van der Waals surface area (Å²) in [6.45, 7) is 2.78. The molecular weight excluding hydrogens is 359 g/mol. The van der Waals surface area contributed by atoms with Crippen LogP contribution < -0.4 is 5.32 Å². The van der Waals surface area contributed by atoms with Gasteiger partial charge in [0, 0.05) is 3.57 Å². The Morgan fingerprint density at radius 2 is 2.00 bits per heavy atom. The summed E-state index contributed by atoms with van der Waals surface area (Å²) >= 11 is 2.16. The maximum atomic E-state index is 11.9. The first-order valence-electron chi connectivity index (χ1n) is 5.90. The lowest BCUT2D eigenvalue weighted by Crippen LogP contribution is -2.37. The quantitative estimate of drug-likeness (QED) is 0.607. The van der Waals surface area contributed by atoms with Crippen LogP contribution in [-0.4, -0.2) is 43.5 Å². The van der Waals surface area contributed by atoms with E-state index >= 15 is 0 Å². The van der Waals surface area contributed by atoms with Gasteiger partial charge in [0.05, 0.1) is 25.9 Å². The average Bonchev–Trinajstić information content (AvgIpc) is 2.40. The second-order valence-corrected chi connectivity index (χ2v) is 5.07. The molecule has 0 atom stereocenters. The van der Waals surface area contributed by atoms with Gasteiger partial charge >= 0.3 is 5.97 Å². The van der Waals surface area contributed by atoms with Gasteiger partial charge in [-0.1, -0.05) is 19.1 Å². The number of carbonyl (C=O) groups excluding carboxylic acids is 2. The van der Waals surface area contributed by atoms with Gasteiger partial charge in [-0.05, 0) is 41.3 Å². The van der Waals surface area contributed by atoms with Crippen LogP contribution in [-0.2, 0) is 14.3 Å². The topological polar surface area (TPSA) is 58.6 Å². The monoisotopic (exact) mass is 376 g/mol. The summed E-state index contributed by atoms with van der Waals surface area (Å²) in [6, 6.07) is 7.54. The van der Waals surface area contributed by atoms with Crippen LogP contribution >= 0.6 is 22.6 Å². The van der Waals surface area contributed by atoms with Crippen LogP contribution in [0, 0.1) is 3.57 Å². The van der Waals surface area contributed by atoms with Gasteiger partial charge in [0.15, 0.2) is 0 Å². The van der Waals surface area contributed by atoms with Crippen molar-refractivity contribution in [1.82, 2.24) is 4.90 Å². The highest BCUT2D eigenvalue weighted by Gasteiger charge is 2.13. The molecule has 0 radical (unpaired) electrons. The number of ether oxygens (including phenoxy) is 1. The molecule has 5 nitrogen and oxygen atoms in total. The van der Waals surface area contributed by atoms with Crippen molar-refractivity contribution in [2.24, 2.45) is 0 Å². The molecule has 0 heterocycles. The maximum absolute atomic E-state index is 11.9. The predicted octanol–water partition coefficient (Wildman–Crippen LogP) is 1.72. The van der Waals surface area contributed by atoms with Gasteiger partial charge in [-0.3, -0.25) is 14.5 Å². The summed E-state index contributed by atoms with van der Waals surface area (Å²) < 4.78 is 5.56. The van der Waals surface area contributed by atoms with Crippen molar-refractivity contribution in [3.8, 4) is 0 Å². The zero-order valence-corrected chi connectivity index (χ0v) is 13.1. The third-order valence-electron chi connectivity index (χ3n) is 2.54. The molecule has 0 aromatic heterocycles. The molecule has 104 valence electrons. The molecular formula is C13H17IN2O3. The van der Waals surface area contributed by atoms with Crippen LogP contribution in [0.15, 0.2) is 24.3 Å². The lowest BCUT2D eigenvalue weighted by molar-refractivity contribution is -0.142. The van der Waals surface area contributed by atoms with Crippen molar-refractivity contribution in [1.29, 1.82) is 0 Å². The Morgan fingerprint density at radius 3 is 2.58 bits per heavy atom. The number of carbonyl (C=O) groups is 2. The summed E-state index contributed by atoms with van der Waals surface area (Å²) in [4.78, 5) is 24.8. The highest BCUT2D eigenvalue weighted by Crippen LogP contribution is 2.16. The van der Waals surface area contributed by atoms with Gasteiger partial charge < -0.3 is 10.1 Å². The van der Waals surface area contributed by atoms with E-state index in [-0.39, 0.29) is 25.0 Å². The molecule has 0 spiro atoms. The molecule has 19 heavy (non-hydrogen) atoms. The Morgan fingerprint density at radius 1 is 1.32 bits per heavy atom. The van der Waals surface area contributed by atoms with Gasteiger partial charge in [-0.25, -0.2) is 0 Å². The fraction of sp³-hybridized carbons (Fsp3) is 0.385. The minimum Gasteiger partial charge on any atom is -0.468 e. The Balaban J connectivity index is 2.54. The molecule has 0 bridgehead atoms. The first-order chi connectivity index (χ1) is 9.06. The molecule has 0 saturated heterocycles. The zero-order valence-electron chi connectivity index (χ0n) is 11.0. The lowest BCUT2D eigenvalue weighted by atomic mass is 10.3. The van der Waals surface area contributed by atoms with E-state index in [4.69, 9.17) is 0 Å². The third kappa shape index (κ3) is 5.56. The largest absolute Gasteiger partial charge is 0.468 e. The van der Waals surface area contributed by atoms with Gasteiger partial charge in [0.1, 0.15) is 0 Å². The second kappa shape index (κ2) is 8.11. The Labute approximate surface area is 126 Å². The van der Waals surface area contributed by atoms with E-state index in [1.165, 1.54) is 7.11 Å². The number of esters is 1. The molecule has 0 aliphatic carbocycles. The summed E-state index contributed by atoms with van der Waals surface area (Å²) in [5, 5.41) is 2.83. The number of hydrogen-bond donors (Lipinski definition) is 1. The fourth-order valence-electron chi connectivity index (χ4n) is 1.48. The summed E-state index contributed by atoms with van der Waals surface area (Å²) in [5.74, 6) is -0.487. The Kier molecular flexibility index (Phi) is 6.79. The van der Waals surface area contributed by atoms with Crippen LogP contribution in [0.3, 0.4) is 0 Å². The number of nitrogens with zero attached hydrogens (tertiary/aromatic N) is 1. The number of halogens is 1. The summed E-state index contributed by atoms with van der Waals surface area (Å²) in [5.41, 5.74) is 0.780. The van der Waals surface area contributed by atoms with Gasteiger partial charge in [0.25, 0.3) is 0 Å². The van der Waals surface area contributed by atoms with Crippen LogP contribution in [0.5, 0.6) is 0 Å². The molecule has 6 heteroatoms. The van der Waals surface area contributed by atoms with E-state index in [0.29, 0.717) is 6.54 Å². The van der Waals surface area contributed by atoms with Crippen LogP contribution in [0.1, 0.15) is 6.92 Å². The SMILES string of the molecule is CCN(CC(=O)Nc1ccccc1I)CC(=O)OC. The van der Waals surface area contributed by atoms with Gasteiger partial charge in [-0.15, -0.1) is 0 Å². The number of likely N-dealkylation sites (N-methyl/N-ethyl adjacent to an activating group) is 1. The van der Waals surface area contributed by atoms with E-state index in [9.17, 15) is 9.59 Å². The van der Waals surface area contributed by atoms with Crippen molar-refractivity contribution in [2.75, 3.05) is 32.1 Å². The smallest absolute Gasteiger partial charge is 0.319 e. The van der Waals surface area contributed by atoms with E-state index in [1.54, 1.807) is 4.90 Å². The number of nitrogens with one attached hydrogen (secondary N) is 1. The number of rotatable bonds is 6. The van der Waals surface area contributed by atoms with Crippen LogP contribution in [0.2, 0.25) is 0 Å². The molecule has 0 aliphatic rings. The molecule has 0 saturated carbocycles. The molecule has 1 rings (SSSR count). The van der Waals surface area contributed by atoms with E-state index in [2.05, 4.69) is 32.6 Å². The highest BCUT2D eigenvalue weighted by molar-refractivity contribution is 14.1. The van der Waals surface area contributed by atoms with Gasteiger partial charge in [0.2, 0.25) is 5.91 Å². The van der Waals surface area contributed by atoms with E-state index in [1.807, 2.05) is 31.2 Å². The molecule has 1 aromatic rings. The van der Waals surface area contributed by atoms with E-state index < -0.39 is 0 Å². The van der Waals surface area contributed by atoms with Crippen molar-refractivity contribution >= 4 is 40.2 Å². The van der Waals surface area contributed by atoms with Gasteiger partial charge in [-0.2, -0.15) is 0 Å². The van der Waals surface area contributed by atoms with Crippen LogP contribution in [0.4, 0.5) is 5.69 Å². The maximum Gasteiger partial charge on any atom is 0.319 e. The zero-order chi connectivity index (χ0) is 14.3. The first-order valence-corrected chi connectivity index (χ1v) is 6.98. The number of amides is 1. The molecule has 0 fully saturated rings. The minimum absolute atomic E-state index is 0.117. The predicted molar refractivity (Wildman–Crippen MR) is 81.9 cm³/mol. The van der Waals surface area contributed by atoms with Crippen molar-refractivity contribution < 1.29 is 14.3 Å². The summed E-state index contributed by atoms with van der Waals surface area (Å²) in [7, 11) is 1.34. The highest BCUT2D eigenvalue weighted by atomic mass is 127. The van der Waals surface area contributed by atoms with Crippen molar-refractivity contribution in [3.63, 3.8) is 0 Å². The second-order valence-electron chi connectivity index (χ2n) is 3.91. The molecule has 1 N–H and O–H groups in total. The lowest BCUT2D eigenvalue weighted by Gasteiger charge is -2.18. The molecule has 0 unspecified atom stereocenters. The van der Waals surface area contributed by atoms with Crippen LogP contribution in [0.25, 0.3) is 0 Å². The first kappa shape index (κ1) is 15.9. The molecule has 1 amide bonds. The normalized spacial score (nSPS) is 10.3. The molecule has 0 aliphatic heterocycles. The Hall–Kier alpha value is -1.15.